The number of rotatable bonds is 3. The van der Waals surface area contributed by atoms with E-state index >= 15 is 0 Å². The number of aryl methyl sites for hydroxylation is 2. The number of nitrogens with two attached hydrogens (primary N) is 1. The fourth-order valence-electron chi connectivity index (χ4n) is 2.80. The summed E-state index contributed by atoms with van der Waals surface area (Å²) in [5.74, 6) is -0.210. The molecule has 0 saturated heterocycles. The third kappa shape index (κ3) is 2.54. The molecule has 0 aliphatic heterocycles. The van der Waals surface area contributed by atoms with Crippen molar-refractivity contribution < 1.29 is 4.39 Å². The van der Waals surface area contributed by atoms with Crippen molar-refractivity contribution in [3.8, 4) is 0 Å². The van der Waals surface area contributed by atoms with Gasteiger partial charge in [-0.05, 0) is 30.0 Å². The number of hydrogen-bond donors (Lipinski definition) is 1. The van der Waals surface area contributed by atoms with Crippen LogP contribution in [0.4, 0.5) is 4.39 Å². The lowest BCUT2D eigenvalue weighted by Crippen LogP contribution is -2.16. The molecule has 0 aliphatic rings. The van der Waals surface area contributed by atoms with Gasteiger partial charge in [-0.2, -0.15) is 5.10 Å². The van der Waals surface area contributed by atoms with E-state index in [9.17, 15) is 4.39 Å². The average molecular weight is 283 g/mol. The topological polar surface area (TPSA) is 43.8 Å². The first-order chi connectivity index (χ1) is 10.1. The Labute approximate surface area is 123 Å². The number of halogens is 1. The Balaban J connectivity index is 2.00. The quantitative estimate of drug-likeness (QED) is 0.801. The summed E-state index contributed by atoms with van der Waals surface area (Å²) in [5.41, 5.74) is 9.37. The Morgan fingerprint density at radius 1 is 1.19 bits per heavy atom. The average Bonchev–Trinajstić information content (AvgIpc) is 2.77. The fraction of sp³-hybridized carbons (Fsp3) is 0.235. The minimum atomic E-state index is -0.210. The van der Waals surface area contributed by atoms with Crippen molar-refractivity contribution in [2.75, 3.05) is 0 Å². The van der Waals surface area contributed by atoms with Crippen molar-refractivity contribution in [2.45, 2.75) is 19.4 Å². The molecule has 2 aromatic carbocycles. The standard InChI is InChI=1S/C17H18FN3/c1-11-9-12(21(2)20-11)10-17(19)15-7-8-16(18)14-6-4-3-5-13(14)15/h3-9,17H,10,19H2,1-2H3. The molecule has 4 heteroatoms. The third-order valence-electron chi connectivity index (χ3n) is 3.83. The molecular weight excluding hydrogens is 265 g/mol. The molecule has 1 heterocycles. The van der Waals surface area contributed by atoms with E-state index in [1.54, 1.807) is 12.1 Å². The molecule has 0 spiro atoms. The van der Waals surface area contributed by atoms with Gasteiger partial charge in [0.05, 0.1) is 5.69 Å². The largest absolute Gasteiger partial charge is 0.324 e. The summed E-state index contributed by atoms with van der Waals surface area (Å²) in [7, 11) is 1.91. The van der Waals surface area contributed by atoms with Crippen LogP contribution in [-0.4, -0.2) is 9.78 Å². The maximum absolute atomic E-state index is 13.9. The lowest BCUT2D eigenvalue weighted by molar-refractivity contribution is 0.631. The van der Waals surface area contributed by atoms with E-state index in [0.717, 1.165) is 22.3 Å². The lowest BCUT2D eigenvalue weighted by atomic mass is 9.96. The molecule has 0 radical (unpaired) electrons. The van der Waals surface area contributed by atoms with Crippen molar-refractivity contribution >= 4 is 10.8 Å². The zero-order valence-electron chi connectivity index (χ0n) is 12.2. The first kappa shape index (κ1) is 13.8. The molecule has 1 unspecified atom stereocenters. The molecule has 3 aromatic rings. The van der Waals surface area contributed by atoms with Crippen LogP contribution in [0.2, 0.25) is 0 Å². The van der Waals surface area contributed by atoms with Crippen molar-refractivity contribution in [3.05, 3.63) is 65.2 Å². The SMILES string of the molecule is Cc1cc(CC(N)c2ccc(F)c3ccccc23)n(C)n1. The first-order valence-electron chi connectivity index (χ1n) is 6.98. The van der Waals surface area contributed by atoms with Crippen molar-refractivity contribution in [1.82, 2.24) is 9.78 Å². The monoisotopic (exact) mass is 283 g/mol. The molecule has 2 N–H and O–H groups in total. The summed E-state index contributed by atoms with van der Waals surface area (Å²) < 4.78 is 15.7. The van der Waals surface area contributed by atoms with Crippen LogP contribution < -0.4 is 5.73 Å². The number of nitrogens with zero attached hydrogens (tertiary/aromatic N) is 2. The molecule has 0 amide bonds. The molecule has 1 aromatic heterocycles. The molecule has 3 nitrogen and oxygen atoms in total. The second-order valence-corrected chi connectivity index (χ2v) is 5.39. The first-order valence-corrected chi connectivity index (χ1v) is 6.98. The predicted octanol–water partition coefficient (Wildman–Crippen LogP) is 3.26. The van der Waals surface area contributed by atoms with E-state index in [0.29, 0.717) is 11.8 Å². The van der Waals surface area contributed by atoms with Crippen molar-refractivity contribution in [1.29, 1.82) is 0 Å². The summed E-state index contributed by atoms with van der Waals surface area (Å²) in [5, 5.41) is 5.83. The summed E-state index contributed by atoms with van der Waals surface area (Å²) in [4.78, 5) is 0. The summed E-state index contributed by atoms with van der Waals surface area (Å²) in [6.07, 6.45) is 0.674. The van der Waals surface area contributed by atoms with Gasteiger partial charge in [0, 0.05) is 30.6 Å². The van der Waals surface area contributed by atoms with Crippen LogP contribution in [0.25, 0.3) is 10.8 Å². The minimum Gasteiger partial charge on any atom is -0.324 e. The van der Waals surface area contributed by atoms with Crippen molar-refractivity contribution in [3.63, 3.8) is 0 Å². The molecular formula is C17H18FN3. The molecule has 0 aliphatic carbocycles. The van der Waals surface area contributed by atoms with Crippen LogP contribution in [0.1, 0.15) is 23.0 Å². The summed E-state index contributed by atoms with van der Waals surface area (Å²) in [6, 6.07) is 12.6. The Morgan fingerprint density at radius 3 is 2.57 bits per heavy atom. The van der Waals surface area contributed by atoms with E-state index in [1.807, 2.05) is 42.9 Å². The van der Waals surface area contributed by atoms with Gasteiger partial charge in [0.2, 0.25) is 0 Å². The van der Waals surface area contributed by atoms with Gasteiger partial charge < -0.3 is 5.73 Å². The normalized spacial score (nSPS) is 12.8. The third-order valence-corrected chi connectivity index (χ3v) is 3.83. The number of fused-ring (bicyclic) bond motifs is 1. The van der Waals surface area contributed by atoms with Gasteiger partial charge in [0.25, 0.3) is 0 Å². The van der Waals surface area contributed by atoms with Crippen molar-refractivity contribution in [2.24, 2.45) is 12.8 Å². The molecule has 3 rings (SSSR count). The second kappa shape index (κ2) is 5.30. The maximum atomic E-state index is 13.9. The van der Waals surface area contributed by atoms with Gasteiger partial charge in [0.15, 0.2) is 0 Å². The molecule has 1 atom stereocenters. The van der Waals surface area contributed by atoms with E-state index in [4.69, 9.17) is 5.73 Å². The Morgan fingerprint density at radius 2 is 1.90 bits per heavy atom. The highest BCUT2D eigenvalue weighted by Crippen LogP contribution is 2.27. The van der Waals surface area contributed by atoms with Gasteiger partial charge in [-0.3, -0.25) is 4.68 Å². The Kier molecular flexibility index (Phi) is 3.47. The van der Waals surface area contributed by atoms with Gasteiger partial charge in [0.1, 0.15) is 5.82 Å². The summed E-state index contributed by atoms with van der Waals surface area (Å²) >= 11 is 0. The van der Waals surface area contributed by atoms with Crippen LogP contribution >= 0.6 is 0 Å². The van der Waals surface area contributed by atoms with Crippen LogP contribution in [0.5, 0.6) is 0 Å². The van der Waals surface area contributed by atoms with E-state index in [2.05, 4.69) is 5.10 Å². The van der Waals surface area contributed by atoms with E-state index in [-0.39, 0.29) is 11.9 Å². The highest BCUT2D eigenvalue weighted by molar-refractivity contribution is 5.86. The second-order valence-electron chi connectivity index (χ2n) is 5.39. The highest BCUT2D eigenvalue weighted by atomic mass is 19.1. The van der Waals surface area contributed by atoms with Crippen LogP contribution in [0, 0.1) is 12.7 Å². The zero-order chi connectivity index (χ0) is 15.0. The van der Waals surface area contributed by atoms with E-state index in [1.165, 1.54) is 6.07 Å². The molecule has 0 fully saturated rings. The van der Waals surface area contributed by atoms with Gasteiger partial charge in [-0.15, -0.1) is 0 Å². The van der Waals surface area contributed by atoms with E-state index < -0.39 is 0 Å². The number of hydrogen-bond acceptors (Lipinski definition) is 2. The summed E-state index contributed by atoms with van der Waals surface area (Å²) in [6.45, 7) is 1.96. The molecule has 108 valence electrons. The molecule has 21 heavy (non-hydrogen) atoms. The fourth-order valence-corrected chi connectivity index (χ4v) is 2.80. The van der Waals surface area contributed by atoms with Crippen LogP contribution in [0.15, 0.2) is 42.5 Å². The van der Waals surface area contributed by atoms with Crippen LogP contribution in [-0.2, 0) is 13.5 Å². The highest BCUT2D eigenvalue weighted by Gasteiger charge is 2.14. The minimum absolute atomic E-state index is 0.190. The molecule has 0 bridgehead atoms. The van der Waals surface area contributed by atoms with Gasteiger partial charge >= 0.3 is 0 Å². The number of aromatic nitrogens is 2. The smallest absolute Gasteiger partial charge is 0.131 e. The molecule has 0 saturated carbocycles. The predicted molar refractivity (Wildman–Crippen MR) is 82.5 cm³/mol. The maximum Gasteiger partial charge on any atom is 0.131 e. The van der Waals surface area contributed by atoms with Gasteiger partial charge in [-0.25, -0.2) is 4.39 Å². The zero-order valence-corrected chi connectivity index (χ0v) is 12.2. The van der Waals surface area contributed by atoms with Gasteiger partial charge in [-0.1, -0.05) is 30.3 Å². The Bertz CT molecular complexity index is 792. The number of benzene rings is 2. The lowest BCUT2D eigenvalue weighted by Gasteiger charge is -2.15. The Hall–Kier alpha value is -2.20. The van der Waals surface area contributed by atoms with Crippen LogP contribution in [0.3, 0.4) is 0 Å².